The number of amides is 2. The van der Waals surface area contributed by atoms with Gasteiger partial charge in [0.05, 0.1) is 6.42 Å². The highest BCUT2D eigenvalue weighted by Gasteiger charge is 2.68. The molecule has 3 unspecified atom stereocenters. The van der Waals surface area contributed by atoms with Gasteiger partial charge in [-0.3, -0.25) is 4.79 Å². The molecule has 3 saturated heterocycles. The highest BCUT2D eigenvalue weighted by molar-refractivity contribution is 8.14. The molecule has 3 fully saturated rings. The Morgan fingerprint density at radius 2 is 1.97 bits per heavy atom. The zero-order chi connectivity index (χ0) is 20.1. The monoisotopic (exact) mass is 412 g/mol. The van der Waals surface area contributed by atoms with Crippen LogP contribution in [0.2, 0.25) is 0 Å². The Bertz CT molecular complexity index is 893. The van der Waals surface area contributed by atoms with Gasteiger partial charge in [-0.05, 0) is 19.2 Å². The Kier molecular flexibility index (Phi) is 4.53. The number of hydrogen-bond acceptors (Lipinski definition) is 6. The summed E-state index contributed by atoms with van der Waals surface area (Å²) < 4.78 is 0.0424. The van der Waals surface area contributed by atoms with Gasteiger partial charge in [-0.25, -0.2) is 9.79 Å². The number of thioether (sulfide) groups is 1. The zero-order valence-electron chi connectivity index (χ0n) is 16.6. The van der Waals surface area contributed by atoms with Crippen molar-refractivity contribution >= 4 is 34.8 Å². The first-order valence-electron chi connectivity index (χ1n) is 10.1. The number of benzene rings is 1. The molecule has 4 heterocycles. The number of nitrogens with zero attached hydrogens (tertiary/aromatic N) is 4. The van der Waals surface area contributed by atoms with Gasteiger partial charge in [-0.1, -0.05) is 23.9 Å². The first kappa shape index (κ1) is 18.8. The molecule has 1 spiro atoms. The molecule has 0 aromatic heterocycles. The standard InChI is InChI=1S/C21H25N5O2S/c1-24-8-10-25(11-9-24)17-5-3-16(4-6-17)15-26-12-2-7-23-21(26)13-19(27)29-18(21)14-22-20(26)28/h2-7,12,18H,8-11,13-15H2,1H3/p+1. The average molecular weight is 413 g/mol. The number of rotatable bonds is 3. The van der Waals surface area contributed by atoms with Gasteiger partial charge in [-0.2, -0.15) is 4.48 Å². The van der Waals surface area contributed by atoms with Crippen LogP contribution in [0.25, 0.3) is 0 Å². The van der Waals surface area contributed by atoms with E-state index < -0.39 is 5.66 Å². The van der Waals surface area contributed by atoms with Crippen molar-refractivity contribution < 1.29 is 14.1 Å². The molecule has 0 aliphatic carbocycles. The van der Waals surface area contributed by atoms with E-state index in [-0.39, 0.29) is 20.9 Å². The summed E-state index contributed by atoms with van der Waals surface area (Å²) in [5.41, 5.74) is 1.56. The molecule has 152 valence electrons. The van der Waals surface area contributed by atoms with Crippen molar-refractivity contribution in [3.63, 3.8) is 0 Å². The van der Waals surface area contributed by atoms with Crippen LogP contribution >= 0.6 is 11.8 Å². The number of hydrogen-bond donors (Lipinski definition) is 1. The van der Waals surface area contributed by atoms with Crippen molar-refractivity contribution in [1.82, 2.24) is 10.2 Å². The second-order valence-electron chi connectivity index (χ2n) is 8.32. The quantitative estimate of drug-likeness (QED) is 0.767. The Morgan fingerprint density at radius 3 is 2.72 bits per heavy atom. The molecule has 1 aromatic carbocycles. The maximum Gasteiger partial charge on any atom is 0.423 e. The summed E-state index contributed by atoms with van der Waals surface area (Å²) in [6.45, 7) is 5.18. The molecule has 29 heavy (non-hydrogen) atoms. The molecule has 1 aromatic rings. The van der Waals surface area contributed by atoms with Gasteiger partial charge >= 0.3 is 6.03 Å². The van der Waals surface area contributed by atoms with E-state index in [1.54, 1.807) is 6.21 Å². The van der Waals surface area contributed by atoms with Crippen LogP contribution in [0, 0.1) is 0 Å². The minimum atomic E-state index is -0.727. The molecule has 0 radical (unpaired) electrons. The Labute approximate surface area is 175 Å². The highest BCUT2D eigenvalue weighted by atomic mass is 32.2. The van der Waals surface area contributed by atoms with E-state index in [2.05, 4.69) is 46.4 Å². The summed E-state index contributed by atoms with van der Waals surface area (Å²) in [6.07, 6.45) is 5.80. The van der Waals surface area contributed by atoms with Crippen molar-refractivity contribution in [3.8, 4) is 0 Å². The summed E-state index contributed by atoms with van der Waals surface area (Å²) in [7, 11) is 2.15. The summed E-state index contributed by atoms with van der Waals surface area (Å²) in [5.74, 6) is 0. The van der Waals surface area contributed by atoms with Gasteiger partial charge in [0.2, 0.25) is 5.66 Å². The van der Waals surface area contributed by atoms with Crippen LogP contribution in [0.3, 0.4) is 0 Å². The molecular formula is C21H26N5O2S+. The Hall–Kier alpha value is -2.16. The van der Waals surface area contributed by atoms with Crippen LogP contribution in [0.5, 0.6) is 0 Å². The molecule has 0 bridgehead atoms. The number of nitrogens with one attached hydrogen (secondary N) is 1. The van der Waals surface area contributed by atoms with E-state index >= 15 is 0 Å². The fourth-order valence-electron chi connectivity index (χ4n) is 4.93. The van der Waals surface area contributed by atoms with E-state index in [0.29, 0.717) is 19.5 Å². The Balaban J connectivity index is 1.43. The summed E-state index contributed by atoms with van der Waals surface area (Å²) >= 11 is 1.33. The van der Waals surface area contributed by atoms with Gasteiger partial charge in [0.1, 0.15) is 18.0 Å². The molecule has 0 saturated carbocycles. The second kappa shape index (κ2) is 6.97. The second-order valence-corrected chi connectivity index (χ2v) is 9.58. The lowest BCUT2D eigenvalue weighted by Crippen LogP contribution is -2.74. The Morgan fingerprint density at radius 1 is 1.21 bits per heavy atom. The first-order chi connectivity index (χ1) is 14.0. The highest BCUT2D eigenvalue weighted by Crippen LogP contribution is 2.50. The first-order valence-corrected chi connectivity index (χ1v) is 11.0. The van der Waals surface area contributed by atoms with E-state index in [9.17, 15) is 9.59 Å². The van der Waals surface area contributed by atoms with Gasteiger partial charge in [0.15, 0.2) is 5.12 Å². The fraction of sp³-hybridized carbons (Fsp3) is 0.476. The largest absolute Gasteiger partial charge is 0.423 e. The van der Waals surface area contributed by atoms with Gasteiger partial charge < -0.3 is 15.1 Å². The summed E-state index contributed by atoms with van der Waals surface area (Å²) in [4.78, 5) is 35.0. The van der Waals surface area contributed by atoms with E-state index in [0.717, 1.165) is 31.7 Å². The zero-order valence-corrected chi connectivity index (χ0v) is 17.4. The molecule has 3 atom stereocenters. The van der Waals surface area contributed by atoms with Crippen molar-refractivity contribution in [2.24, 2.45) is 4.99 Å². The predicted molar refractivity (Wildman–Crippen MR) is 115 cm³/mol. The number of carbonyl (C=O) groups excluding carboxylic acids is 2. The number of aliphatic imine (C=N–C) groups is 1. The molecule has 5 rings (SSSR count). The number of piperazine rings is 1. The number of carbonyl (C=O) groups is 2. The molecule has 4 aliphatic rings. The topological polar surface area (TPSA) is 65.0 Å². The van der Waals surface area contributed by atoms with Crippen molar-refractivity contribution in [3.05, 3.63) is 42.1 Å². The molecule has 2 amide bonds. The van der Waals surface area contributed by atoms with Crippen molar-refractivity contribution in [2.75, 3.05) is 44.7 Å². The van der Waals surface area contributed by atoms with Gasteiger partial charge in [-0.15, -0.1) is 0 Å². The van der Waals surface area contributed by atoms with Crippen molar-refractivity contribution in [1.29, 1.82) is 0 Å². The van der Waals surface area contributed by atoms with Crippen molar-refractivity contribution in [2.45, 2.75) is 23.9 Å². The molecular weight excluding hydrogens is 386 g/mol. The number of anilines is 1. The lowest BCUT2D eigenvalue weighted by atomic mass is 9.93. The van der Waals surface area contributed by atoms with Crippen LogP contribution in [-0.4, -0.2) is 77.4 Å². The lowest BCUT2D eigenvalue weighted by molar-refractivity contribution is -0.870. The lowest BCUT2D eigenvalue weighted by Gasteiger charge is -2.50. The third-order valence-corrected chi connectivity index (χ3v) is 7.88. The SMILES string of the molecule is CN1CCN(c2ccc(C[N+]34C=CC=NC35CC(=O)SC5CNC4=O)cc2)CC1. The molecule has 4 aliphatic heterocycles. The molecule has 1 N–H and O–H groups in total. The van der Waals surface area contributed by atoms with Crippen LogP contribution in [0.4, 0.5) is 10.5 Å². The normalized spacial score (nSPS) is 34.1. The molecule has 8 heteroatoms. The van der Waals surface area contributed by atoms with Gasteiger partial charge in [0.25, 0.3) is 0 Å². The third kappa shape index (κ3) is 2.93. The van der Waals surface area contributed by atoms with Crippen LogP contribution < -0.4 is 10.2 Å². The minimum Gasteiger partial charge on any atom is -0.369 e. The van der Waals surface area contributed by atoms with E-state index in [1.165, 1.54) is 17.4 Å². The summed E-state index contributed by atoms with van der Waals surface area (Å²) in [6, 6.07) is 8.45. The smallest absolute Gasteiger partial charge is 0.369 e. The maximum atomic E-state index is 13.1. The van der Waals surface area contributed by atoms with E-state index in [4.69, 9.17) is 4.99 Å². The molecule has 7 nitrogen and oxygen atoms in total. The number of allylic oxidation sites excluding steroid dienone is 1. The van der Waals surface area contributed by atoms with Crippen LogP contribution in [0.15, 0.2) is 41.5 Å². The number of quaternary nitrogens is 1. The summed E-state index contributed by atoms with van der Waals surface area (Å²) in [5, 5.41) is 3.11. The van der Waals surface area contributed by atoms with Gasteiger partial charge in [0, 0.05) is 56.3 Å². The number of likely N-dealkylation sites (N-methyl/N-ethyl adjacent to an activating group) is 1. The predicted octanol–water partition coefficient (Wildman–Crippen LogP) is 1.80. The minimum absolute atomic E-state index is 0.0292. The van der Waals surface area contributed by atoms with Crippen LogP contribution in [-0.2, 0) is 11.3 Å². The third-order valence-electron chi connectivity index (χ3n) is 6.65. The fourth-order valence-corrected chi connectivity index (χ4v) is 6.23. The number of urea groups is 1. The van der Waals surface area contributed by atoms with E-state index in [1.807, 2.05) is 12.3 Å². The maximum absolute atomic E-state index is 13.1. The van der Waals surface area contributed by atoms with Crippen LogP contribution in [0.1, 0.15) is 12.0 Å². The average Bonchev–Trinajstić information content (AvgIpc) is 3.06.